The third-order valence-corrected chi connectivity index (χ3v) is 2.10. The molecule has 0 fully saturated rings. The van der Waals surface area contributed by atoms with E-state index in [1.54, 1.807) is 14.1 Å². The Morgan fingerprint density at radius 2 is 1.71 bits per heavy atom. The van der Waals surface area contributed by atoms with E-state index in [1.165, 1.54) is 29.2 Å². The van der Waals surface area contributed by atoms with Crippen molar-refractivity contribution >= 4 is 12.0 Å². The average Bonchev–Trinajstić information content (AvgIpc) is 2.25. The fourth-order valence-electron chi connectivity index (χ4n) is 1.10. The lowest BCUT2D eigenvalue weighted by Crippen LogP contribution is -2.18. The van der Waals surface area contributed by atoms with Gasteiger partial charge in [0.1, 0.15) is 0 Å². The van der Waals surface area contributed by atoms with Crippen LogP contribution < -0.4 is 0 Å². The number of likely N-dealkylation sites (N-methyl/N-ethyl adjacent to an activating group) is 1. The van der Waals surface area contributed by atoms with E-state index >= 15 is 0 Å². The van der Waals surface area contributed by atoms with Crippen LogP contribution in [-0.2, 0) is 11.0 Å². The van der Waals surface area contributed by atoms with Gasteiger partial charge in [-0.25, -0.2) is 0 Å². The topological polar surface area (TPSA) is 20.3 Å². The molecule has 0 N–H and O–H groups in total. The summed E-state index contributed by atoms with van der Waals surface area (Å²) in [4.78, 5) is 12.6. The predicted octanol–water partition coefficient (Wildman–Crippen LogP) is 2.81. The zero-order valence-corrected chi connectivity index (χ0v) is 9.45. The maximum atomic E-state index is 12.3. The first-order valence-electron chi connectivity index (χ1n) is 4.87. The molecular weight excluding hydrogens is 231 g/mol. The largest absolute Gasteiger partial charge is 0.416 e. The van der Waals surface area contributed by atoms with Gasteiger partial charge in [-0.1, -0.05) is 12.1 Å². The molecule has 0 bridgehead atoms. The van der Waals surface area contributed by atoms with E-state index in [0.29, 0.717) is 5.56 Å². The normalized spacial score (nSPS) is 11.8. The minimum Gasteiger partial charge on any atom is -0.345 e. The molecule has 0 aromatic heterocycles. The van der Waals surface area contributed by atoms with Crippen molar-refractivity contribution in [2.45, 2.75) is 6.18 Å². The molecule has 0 spiro atoms. The number of nitrogens with zero attached hydrogens (tertiary/aromatic N) is 1. The van der Waals surface area contributed by atoms with E-state index in [2.05, 4.69) is 0 Å². The lowest BCUT2D eigenvalue weighted by Gasteiger charge is -2.06. The molecule has 5 heteroatoms. The molecule has 0 heterocycles. The Morgan fingerprint density at radius 1 is 1.18 bits per heavy atom. The SMILES string of the molecule is CN(C)C(=O)/C=C/c1ccc(C(F)(F)F)cc1. The molecule has 0 unspecified atom stereocenters. The first-order valence-corrected chi connectivity index (χ1v) is 4.87. The molecule has 2 nitrogen and oxygen atoms in total. The quantitative estimate of drug-likeness (QED) is 0.731. The third kappa shape index (κ3) is 3.94. The molecule has 0 radical (unpaired) electrons. The van der Waals surface area contributed by atoms with Crippen LogP contribution in [0.1, 0.15) is 11.1 Å². The van der Waals surface area contributed by atoms with Gasteiger partial charge in [-0.05, 0) is 23.8 Å². The summed E-state index contributed by atoms with van der Waals surface area (Å²) < 4.78 is 36.8. The first-order chi connectivity index (χ1) is 7.80. The molecule has 1 rings (SSSR count). The van der Waals surface area contributed by atoms with Gasteiger partial charge in [0, 0.05) is 20.2 Å². The summed E-state index contributed by atoms with van der Waals surface area (Å²) in [6, 6.07) is 4.62. The Labute approximate surface area is 97.3 Å². The first kappa shape index (κ1) is 13.3. The number of rotatable bonds is 2. The van der Waals surface area contributed by atoms with Crippen LogP contribution in [0.25, 0.3) is 6.08 Å². The molecule has 0 saturated carbocycles. The average molecular weight is 243 g/mol. The minimum atomic E-state index is -4.33. The number of carbonyl (C=O) groups excluding carboxylic acids is 1. The number of benzene rings is 1. The number of hydrogen-bond donors (Lipinski definition) is 0. The van der Waals surface area contributed by atoms with Crippen LogP contribution in [0.5, 0.6) is 0 Å². The van der Waals surface area contributed by atoms with Crippen molar-refractivity contribution in [3.8, 4) is 0 Å². The molecule has 0 saturated heterocycles. The van der Waals surface area contributed by atoms with E-state index in [-0.39, 0.29) is 5.91 Å². The van der Waals surface area contributed by atoms with Gasteiger partial charge in [0.25, 0.3) is 0 Å². The van der Waals surface area contributed by atoms with E-state index in [4.69, 9.17) is 0 Å². The highest BCUT2D eigenvalue weighted by atomic mass is 19.4. The zero-order chi connectivity index (χ0) is 13.1. The second kappa shape index (κ2) is 5.03. The van der Waals surface area contributed by atoms with E-state index < -0.39 is 11.7 Å². The predicted molar refractivity (Wildman–Crippen MR) is 59.2 cm³/mol. The monoisotopic (exact) mass is 243 g/mol. The van der Waals surface area contributed by atoms with E-state index in [9.17, 15) is 18.0 Å². The lowest BCUT2D eigenvalue weighted by molar-refractivity contribution is -0.137. The summed E-state index contributed by atoms with van der Waals surface area (Å²) in [5.74, 6) is -0.218. The van der Waals surface area contributed by atoms with Gasteiger partial charge in [-0.15, -0.1) is 0 Å². The van der Waals surface area contributed by atoms with Crippen molar-refractivity contribution in [3.63, 3.8) is 0 Å². The van der Waals surface area contributed by atoms with Crippen LogP contribution in [0.15, 0.2) is 30.3 Å². The van der Waals surface area contributed by atoms with Gasteiger partial charge in [-0.2, -0.15) is 13.2 Å². The van der Waals surface area contributed by atoms with Gasteiger partial charge in [-0.3, -0.25) is 4.79 Å². The van der Waals surface area contributed by atoms with Crippen LogP contribution >= 0.6 is 0 Å². The molecule has 1 aromatic carbocycles. The van der Waals surface area contributed by atoms with Crippen molar-refractivity contribution in [2.75, 3.05) is 14.1 Å². The summed E-state index contributed by atoms with van der Waals surface area (Å²) in [5, 5.41) is 0. The molecule has 0 atom stereocenters. The van der Waals surface area contributed by atoms with Crippen LogP contribution in [0, 0.1) is 0 Å². The fraction of sp³-hybridized carbons (Fsp3) is 0.250. The molecule has 92 valence electrons. The van der Waals surface area contributed by atoms with E-state index in [1.807, 2.05) is 0 Å². The molecule has 0 aliphatic carbocycles. The third-order valence-electron chi connectivity index (χ3n) is 2.10. The van der Waals surface area contributed by atoms with Crippen LogP contribution in [0.4, 0.5) is 13.2 Å². The van der Waals surface area contributed by atoms with Crippen molar-refractivity contribution < 1.29 is 18.0 Å². The maximum Gasteiger partial charge on any atom is 0.416 e. The Morgan fingerprint density at radius 3 is 2.12 bits per heavy atom. The smallest absolute Gasteiger partial charge is 0.345 e. The second-order valence-electron chi connectivity index (χ2n) is 3.69. The van der Waals surface area contributed by atoms with Gasteiger partial charge in [0.2, 0.25) is 5.91 Å². The number of halogens is 3. The number of hydrogen-bond acceptors (Lipinski definition) is 1. The van der Waals surface area contributed by atoms with Gasteiger partial charge in [0.15, 0.2) is 0 Å². The molecule has 0 aliphatic rings. The van der Waals surface area contributed by atoms with Crippen molar-refractivity contribution in [2.24, 2.45) is 0 Å². The summed E-state index contributed by atoms with van der Waals surface area (Å²) in [6.07, 6.45) is -1.55. The molecule has 17 heavy (non-hydrogen) atoms. The fourth-order valence-corrected chi connectivity index (χ4v) is 1.10. The number of amides is 1. The highest BCUT2D eigenvalue weighted by Crippen LogP contribution is 2.29. The highest BCUT2D eigenvalue weighted by Gasteiger charge is 2.29. The minimum absolute atomic E-state index is 0.218. The molecular formula is C12H12F3NO. The van der Waals surface area contributed by atoms with Crippen LogP contribution in [0.2, 0.25) is 0 Å². The zero-order valence-electron chi connectivity index (χ0n) is 9.45. The Balaban J connectivity index is 2.79. The summed E-state index contributed by atoms with van der Waals surface area (Å²) in [6.45, 7) is 0. The number of carbonyl (C=O) groups is 1. The second-order valence-corrected chi connectivity index (χ2v) is 3.69. The van der Waals surface area contributed by atoms with E-state index in [0.717, 1.165) is 12.1 Å². The van der Waals surface area contributed by atoms with Crippen LogP contribution in [0.3, 0.4) is 0 Å². The Hall–Kier alpha value is -1.78. The van der Waals surface area contributed by atoms with Gasteiger partial charge < -0.3 is 4.90 Å². The number of alkyl halides is 3. The van der Waals surface area contributed by atoms with Gasteiger partial charge >= 0.3 is 6.18 Å². The lowest BCUT2D eigenvalue weighted by atomic mass is 10.1. The van der Waals surface area contributed by atoms with Crippen molar-refractivity contribution in [1.82, 2.24) is 4.90 Å². The van der Waals surface area contributed by atoms with Gasteiger partial charge in [0.05, 0.1) is 5.56 Å². The summed E-state index contributed by atoms with van der Waals surface area (Å²) >= 11 is 0. The van der Waals surface area contributed by atoms with Crippen LogP contribution in [-0.4, -0.2) is 24.9 Å². The standard InChI is InChI=1S/C12H12F3NO/c1-16(2)11(17)8-5-9-3-6-10(7-4-9)12(13,14)15/h3-8H,1-2H3/b8-5+. The highest BCUT2D eigenvalue weighted by molar-refractivity contribution is 5.91. The molecule has 1 amide bonds. The molecule has 1 aromatic rings. The van der Waals surface area contributed by atoms with Crippen molar-refractivity contribution in [1.29, 1.82) is 0 Å². The Bertz CT molecular complexity index is 418. The van der Waals surface area contributed by atoms with Crippen molar-refractivity contribution in [3.05, 3.63) is 41.5 Å². The maximum absolute atomic E-state index is 12.3. The molecule has 0 aliphatic heterocycles. The summed E-state index contributed by atoms with van der Waals surface area (Å²) in [7, 11) is 3.19. The Kier molecular flexibility index (Phi) is 3.93. The summed E-state index contributed by atoms with van der Waals surface area (Å²) in [5.41, 5.74) is -0.151.